The highest BCUT2D eigenvalue weighted by Gasteiger charge is 2.24. The van der Waals surface area contributed by atoms with Crippen molar-refractivity contribution < 1.29 is 14.4 Å². The lowest BCUT2D eigenvalue weighted by molar-refractivity contribution is -0.127. The van der Waals surface area contributed by atoms with E-state index >= 15 is 0 Å². The molecule has 168 valence electrons. The maximum Gasteiger partial charge on any atom is 0.273 e. The van der Waals surface area contributed by atoms with Gasteiger partial charge in [0.05, 0.1) is 0 Å². The number of anilines is 3. The number of nitrogens with one attached hydrogen (secondary N) is 2. The van der Waals surface area contributed by atoms with Crippen LogP contribution in [0.3, 0.4) is 0 Å². The predicted octanol–water partition coefficient (Wildman–Crippen LogP) is 1.00. The molecule has 11 nitrogen and oxygen atoms in total. The second-order valence-corrected chi connectivity index (χ2v) is 7.57. The lowest BCUT2D eigenvalue weighted by Gasteiger charge is -2.32. The van der Waals surface area contributed by atoms with Gasteiger partial charge in [-0.25, -0.2) is 0 Å². The minimum Gasteiger partial charge on any atom is -0.364 e. The minimum atomic E-state index is -0.792. The highest BCUT2D eigenvalue weighted by Crippen LogP contribution is 2.21. The summed E-state index contributed by atoms with van der Waals surface area (Å²) in [6.45, 7) is 4.67. The van der Waals surface area contributed by atoms with Gasteiger partial charge in [0, 0.05) is 44.5 Å². The monoisotopic (exact) mass is 438 g/mol. The summed E-state index contributed by atoms with van der Waals surface area (Å²) in [5.41, 5.74) is 6.30. The number of aromatic nitrogens is 3. The quantitative estimate of drug-likeness (QED) is 0.543. The average Bonchev–Trinajstić information content (AvgIpc) is 2.78. The second kappa shape index (κ2) is 9.86. The zero-order valence-corrected chi connectivity index (χ0v) is 18.0. The summed E-state index contributed by atoms with van der Waals surface area (Å²) in [5, 5.41) is 14.0. The summed E-state index contributed by atoms with van der Waals surface area (Å²) in [6, 6.07) is 6.69. The normalized spacial score (nSPS) is 15.6. The van der Waals surface area contributed by atoms with Gasteiger partial charge in [0.2, 0.25) is 11.9 Å². The van der Waals surface area contributed by atoms with Gasteiger partial charge in [0.15, 0.2) is 11.5 Å². The Kier molecular flexibility index (Phi) is 6.98. The van der Waals surface area contributed by atoms with Gasteiger partial charge in [-0.2, -0.15) is 4.98 Å². The molecule has 1 fully saturated rings. The Hall–Kier alpha value is -4.02. The highest BCUT2D eigenvalue weighted by molar-refractivity contribution is 5.97. The highest BCUT2D eigenvalue weighted by atomic mass is 16.2. The molecular weight excluding hydrogens is 412 g/mol. The Morgan fingerprint density at radius 2 is 2.06 bits per heavy atom. The summed E-state index contributed by atoms with van der Waals surface area (Å²) < 4.78 is 0. The lowest BCUT2D eigenvalue weighted by Crippen LogP contribution is -2.44. The molecule has 0 bridgehead atoms. The zero-order chi connectivity index (χ0) is 23.3. The fourth-order valence-corrected chi connectivity index (χ4v) is 3.37. The molecule has 1 saturated heterocycles. The van der Waals surface area contributed by atoms with Gasteiger partial charge in [-0.1, -0.05) is 12.6 Å². The van der Waals surface area contributed by atoms with Crippen LogP contribution in [0.2, 0.25) is 0 Å². The van der Waals surface area contributed by atoms with Gasteiger partial charge < -0.3 is 26.2 Å². The topological polar surface area (TPSA) is 146 Å². The van der Waals surface area contributed by atoms with Crippen LogP contribution in [0.15, 0.2) is 36.9 Å². The molecule has 0 saturated carbocycles. The molecule has 1 aliphatic rings. The summed E-state index contributed by atoms with van der Waals surface area (Å²) in [6.07, 6.45) is 2.93. The average molecular weight is 438 g/mol. The van der Waals surface area contributed by atoms with E-state index in [0.29, 0.717) is 24.3 Å². The van der Waals surface area contributed by atoms with Crippen LogP contribution in [0.5, 0.6) is 0 Å². The van der Waals surface area contributed by atoms with Crippen LogP contribution in [0.4, 0.5) is 17.5 Å². The fourth-order valence-electron chi connectivity index (χ4n) is 3.37. The smallest absolute Gasteiger partial charge is 0.273 e. The number of nitrogens with zero attached hydrogens (tertiary/aromatic N) is 5. The summed E-state index contributed by atoms with van der Waals surface area (Å²) in [7, 11) is 3.32. The van der Waals surface area contributed by atoms with E-state index < -0.39 is 5.91 Å². The number of primary amides is 1. The van der Waals surface area contributed by atoms with Crippen molar-refractivity contribution in [3.8, 4) is 0 Å². The third-order valence-corrected chi connectivity index (χ3v) is 4.94. The van der Waals surface area contributed by atoms with Gasteiger partial charge in [-0.15, -0.1) is 10.2 Å². The molecule has 3 amide bonds. The zero-order valence-electron chi connectivity index (χ0n) is 18.0. The van der Waals surface area contributed by atoms with Crippen LogP contribution in [0.25, 0.3) is 0 Å². The van der Waals surface area contributed by atoms with E-state index in [0.717, 1.165) is 12.8 Å². The number of hydrogen-bond acceptors (Lipinski definition) is 8. The van der Waals surface area contributed by atoms with E-state index in [9.17, 15) is 14.4 Å². The van der Waals surface area contributed by atoms with Crippen LogP contribution in [-0.2, 0) is 4.79 Å². The third-order valence-electron chi connectivity index (χ3n) is 4.94. The Labute approximate surface area is 185 Å². The van der Waals surface area contributed by atoms with Crippen LogP contribution in [0.1, 0.15) is 33.7 Å². The predicted molar refractivity (Wildman–Crippen MR) is 120 cm³/mol. The maximum atomic E-state index is 12.2. The second-order valence-electron chi connectivity index (χ2n) is 7.57. The first-order valence-electron chi connectivity index (χ1n) is 10.1. The van der Waals surface area contributed by atoms with E-state index in [-0.39, 0.29) is 35.3 Å². The molecule has 4 N–H and O–H groups in total. The van der Waals surface area contributed by atoms with Gasteiger partial charge in [0.25, 0.3) is 11.8 Å². The largest absolute Gasteiger partial charge is 0.364 e. The van der Waals surface area contributed by atoms with Crippen molar-refractivity contribution >= 4 is 35.2 Å². The van der Waals surface area contributed by atoms with Crippen LogP contribution in [0, 0.1) is 0 Å². The van der Waals surface area contributed by atoms with E-state index in [1.54, 1.807) is 43.3 Å². The van der Waals surface area contributed by atoms with Gasteiger partial charge in [-0.05, 0) is 37.1 Å². The molecule has 1 aliphatic heterocycles. The molecule has 0 radical (unpaired) electrons. The molecule has 11 heteroatoms. The van der Waals surface area contributed by atoms with Crippen LogP contribution >= 0.6 is 0 Å². The minimum absolute atomic E-state index is 0.0808. The number of hydrogen-bond donors (Lipinski definition) is 3. The number of nitrogens with two attached hydrogens (primary N) is 1. The van der Waals surface area contributed by atoms with Crippen LogP contribution < -0.4 is 16.4 Å². The number of rotatable bonds is 7. The summed E-state index contributed by atoms with van der Waals surface area (Å²) >= 11 is 0. The Morgan fingerprint density at radius 3 is 2.75 bits per heavy atom. The van der Waals surface area contributed by atoms with Crippen molar-refractivity contribution in [3.05, 3.63) is 48.2 Å². The number of carbonyl (C=O) groups is 3. The fraction of sp³-hybridized carbons (Fsp3) is 0.333. The van der Waals surface area contributed by atoms with Gasteiger partial charge >= 0.3 is 0 Å². The van der Waals surface area contributed by atoms with Crippen molar-refractivity contribution in [1.82, 2.24) is 25.0 Å². The third kappa shape index (κ3) is 5.36. The van der Waals surface area contributed by atoms with E-state index in [1.165, 1.54) is 11.0 Å². The maximum absolute atomic E-state index is 12.2. The van der Waals surface area contributed by atoms with Crippen molar-refractivity contribution in [2.75, 3.05) is 37.8 Å². The number of likely N-dealkylation sites (tertiary alicyclic amines) is 1. The Balaban J connectivity index is 1.82. The van der Waals surface area contributed by atoms with Gasteiger partial charge in [0.1, 0.15) is 0 Å². The Morgan fingerprint density at radius 1 is 1.28 bits per heavy atom. The molecular formula is C21H26N8O3. The van der Waals surface area contributed by atoms with E-state index in [2.05, 4.69) is 32.4 Å². The molecule has 3 rings (SSSR count). The number of piperidine rings is 1. The van der Waals surface area contributed by atoms with Crippen molar-refractivity contribution in [1.29, 1.82) is 0 Å². The first-order valence-corrected chi connectivity index (χ1v) is 10.1. The van der Waals surface area contributed by atoms with Crippen LogP contribution in [-0.4, -0.2) is 75.9 Å². The van der Waals surface area contributed by atoms with E-state index in [1.807, 2.05) is 0 Å². The molecule has 1 aromatic heterocycles. The standard InChI is InChI=1S/C21H26N8O3/c1-4-16(30)29-10-6-9-15(12-29)24-21-25-19(17(18(22)31)26-27-21)23-14-8-5-7-13(11-14)20(32)28(2)3/h4-5,7-8,11,15H,1,6,9-10,12H2,2-3H3,(H2,22,31)(H2,23,24,25,27). The molecule has 1 unspecified atom stereocenters. The number of benzene rings is 1. The first kappa shape index (κ1) is 22.7. The molecule has 1 aromatic carbocycles. The first-order chi connectivity index (χ1) is 15.3. The van der Waals surface area contributed by atoms with Crippen molar-refractivity contribution in [2.24, 2.45) is 5.73 Å². The van der Waals surface area contributed by atoms with Crippen molar-refractivity contribution in [3.63, 3.8) is 0 Å². The molecule has 32 heavy (non-hydrogen) atoms. The van der Waals surface area contributed by atoms with E-state index in [4.69, 9.17) is 5.73 Å². The Bertz CT molecular complexity index is 1040. The number of amides is 3. The summed E-state index contributed by atoms with van der Waals surface area (Å²) in [5.74, 6) is -0.785. The molecule has 1 atom stereocenters. The summed E-state index contributed by atoms with van der Waals surface area (Å²) in [4.78, 5) is 43.5. The molecule has 2 heterocycles. The van der Waals surface area contributed by atoms with Gasteiger partial charge in [-0.3, -0.25) is 14.4 Å². The number of carbonyl (C=O) groups excluding carboxylic acids is 3. The molecule has 0 aliphatic carbocycles. The lowest BCUT2D eigenvalue weighted by atomic mass is 10.1. The molecule has 2 aromatic rings. The SMILES string of the molecule is C=CC(=O)N1CCCC(Nc2nnc(C(N)=O)c(Nc3cccc(C(=O)N(C)C)c3)n2)C1. The molecule has 0 spiro atoms. The van der Waals surface area contributed by atoms with Crippen molar-refractivity contribution in [2.45, 2.75) is 18.9 Å².